The van der Waals surface area contributed by atoms with Gasteiger partial charge in [0.05, 0.1) is 16.6 Å². The highest BCUT2D eigenvalue weighted by atomic mass is 35.5. The lowest BCUT2D eigenvalue weighted by Crippen LogP contribution is -2.52. The fourth-order valence-corrected chi connectivity index (χ4v) is 6.47. The Labute approximate surface area is 226 Å². The summed E-state index contributed by atoms with van der Waals surface area (Å²) in [6.07, 6.45) is -2.60. The molecule has 3 amide bonds. The summed E-state index contributed by atoms with van der Waals surface area (Å²) >= 11 is 6.16. The Balaban J connectivity index is 1.42. The van der Waals surface area contributed by atoms with E-state index in [-0.39, 0.29) is 46.1 Å². The number of nitrogens with zero attached hydrogens (tertiary/aromatic N) is 2. The number of hydrogen-bond donors (Lipinski definition) is 3. The molecule has 0 bridgehead atoms. The largest absolute Gasteiger partial charge is 0.356 e. The number of carbonyl (C=O) groups is 3. The van der Waals surface area contributed by atoms with E-state index in [1.807, 2.05) is 6.07 Å². The summed E-state index contributed by atoms with van der Waals surface area (Å²) in [5.74, 6) is -6.70. The molecule has 0 unspecified atom stereocenters. The van der Waals surface area contributed by atoms with E-state index in [2.05, 4.69) is 15.6 Å². The predicted octanol–water partition coefficient (Wildman–Crippen LogP) is 4.17. The van der Waals surface area contributed by atoms with Gasteiger partial charge in [0, 0.05) is 42.8 Å². The summed E-state index contributed by atoms with van der Waals surface area (Å²) in [7, 11) is 0. The molecule has 5 rings (SSSR count). The molecule has 3 heterocycles. The van der Waals surface area contributed by atoms with Crippen molar-refractivity contribution in [2.75, 3.05) is 13.1 Å². The van der Waals surface area contributed by atoms with Crippen molar-refractivity contribution in [1.29, 1.82) is 5.26 Å². The minimum atomic E-state index is -3.00. The molecule has 2 aliphatic heterocycles. The van der Waals surface area contributed by atoms with Gasteiger partial charge >= 0.3 is 0 Å². The third-order valence-electron chi connectivity index (χ3n) is 8.04. The highest BCUT2D eigenvalue weighted by molar-refractivity contribution is 6.35. The van der Waals surface area contributed by atoms with E-state index in [0.29, 0.717) is 13.0 Å². The number of nitriles is 1. The zero-order chi connectivity index (χ0) is 28.1. The second-order valence-electron chi connectivity index (χ2n) is 10.6. The molecule has 3 aliphatic rings. The number of carbonyl (C=O) groups excluding carboxylic acids is 3. The maximum atomic E-state index is 14.3. The quantitative estimate of drug-likeness (QED) is 0.454. The Morgan fingerprint density at radius 3 is 2.74 bits per heavy atom. The van der Waals surface area contributed by atoms with Crippen LogP contribution in [-0.2, 0) is 9.59 Å². The van der Waals surface area contributed by atoms with Crippen LogP contribution < -0.4 is 10.6 Å². The zero-order valence-corrected chi connectivity index (χ0v) is 21.4. The van der Waals surface area contributed by atoms with E-state index >= 15 is 0 Å². The van der Waals surface area contributed by atoms with Crippen molar-refractivity contribution in [3.8, 4) is 6.07 Å². The minimum Gasteiger partial charge on any atom is -0.356 e. The number of likely N-dealkylation sites (tertiary alicyclic amines) is 1. The molecule has 2 aromatic rings. The Kier molecular flexibility index (Phi) is 7.22. The molecule has 1 aromatic heterocycles. The van der Waals surface area contributed by atoms with Crippen LogP contribution in [0.15, 0.2) is 18.2 Å². The normalized spacial score (nSPS) is 26.8. The molecule has 208 valence electrons. The van der Waals surface area contributed by atoms with Crippen LogP contribution in [-0.4, -0.2) is 58.7 Å². The van der Waals surface area contributed by atoms with Crippen molar-refractivity contribution >= 4 is 40.2 Å². The highest BCUT2D eigenvalue weighted by Crippen LogP contribution is 2.50. The average molecular weight is 568 g/mol. The van der Waals surface area contributed by atoms with Gasteiger partial charge in [-0.05, 0) is 43.2 Å². The maximum Gasteiger partial charge on any atom is 0.271 e. The minimum absolute atomic E-state index is 0.0445. The van der Waals surface area contributed by atoms with Gasteiger partial charge in [-0.15, -0.1) is 0 Å². The van der Waals surface area contributed by atoms with E-state index in [0.717, 1.165) is 12.5 Å². The second-order valence-corrected chi connectivity index (χ2v) is 11.0. The van der Waals surface area contributed by atoms with E-state index < -0.39 is 66.8 Å². The molecule has 3 N–H and O–H groups in total. The number of benzene rings is 1. The van der Waals surface area contributed by atoms with Gasteiger partial charge < -0.3 is 20.5 Å². The molecule has 1 aliphatic carbocycles. The Morgan fingerprint density at radius 2 is 2.05 bits per heavy atom. The van der Waals surface area contributed by atoms with Crippen LogP contribution in [0.2, 0.25) is 5.02 Å². The smallest absolute Gasteiger partial charge is 0.271 e. The van der Waals surface area contributed by atoms with Gasteiger partial charge in [-0.3, -0.25) is 14.4 Å². The van der Waals surface area contributed by atoms with Crippen molar-refractivity contribution in [3.05, 3.63) is 34.5 Å². The molecule has 3 fully saturated rings. The van der Waals surface area contributed by atoms with Gasteiger partial charge in [-0.2, -0.15) is 5.26 Å². The van der Waals surface area contributed by atoms with E-state index in [9.17, 15) is 37.2 Å². The number of aromatic amines is 1. The molecule has 5 atom stereocenters. The van der Waals surface area contributed by atoms with E-state index in [1.165, 1.54) is 17.0 Å². The number of fused-ring (bicyclic) bond motifs is 2. The number of piperidine rings is 1. The van der Waals surface area contributed by atoms with Gasteiger partial charge in [-0.25, -0.2) is 17.6 Å². The molecule has 1 aromatic carbocycles. The summed E-state index contributed by atoms with van der Waals surface area (Å²) in [5, 5.41) is 15.1. The number of aromatic nitrogens is 1. The molecular formula is C26H26ClF4N5O3. The third kappa shape index (κ3) is 5.16. The van der Waals surface area contributed by atoms with Crippen LogP contribution in [0.25, 0.3) is 10.9 Å². The van der Waals surface area contributed by atoms with Crippen LogP contribution in [0.3, 0.4) is 0 Å². The van der Waals surface area contributed by atoms with Gasteiger partial charge in [0.25, 0.3) is 12.3 Å². The third-order valence-corrected chi connectivity index (χ3v) is 8.35. The monoisotopic (exact) mass is 567 g/mol. The number of halogens is 5. The number of amides is 3. The first kappa shape index (κ1) is 27.2. The molecule has 0 radical (unpaired) electrons. The van der Waals surface area contributed by atoms with Crippen molar-refractivity contribution in [1.82, 2.24) is 20.5 Å². The van der Waals surface area contributed by atoms with E-state index in [1.54, 1.807) is 0 Å². The van der Waals surface area contributed by atoms with Crippen molar-refractivity contribution < 1.29 is 31.9 Å². The first-order chi connectivity index (χ1) is 18.5. The summed E-state index contributed by atoms with van der Waals surface area (Å²) in [5.41, 5.74) is -0.319. The molecule has 13 heteroatoms. The Morgan fingerprint density at radius 1 is 1.28 bits per heavy atom. The standard InChI is InChI=1S/C26H26ClF4N5O3/c27-18-4-3-15(22(28)29)16-7-19(35-20(16)18)25(39)36-11-13-8-26(30,31)9-17(13)21(36)24(38)34-14(10-32)6-12-2-1-5-33-23(12)37/h3-4,7,12-14,17,21-22,35H,1-2,5-6,8-9,11H2,(H,33,37)(H,34,38)/t12-,13-,14-,17-,21-/m0/s1. The van der Waals surface area contributed by atoms with Crippen LogP contribution >= 0.6 is 11.6 Å². The number of alkyl halides is 4. The summed E-state index contributed by atoms with van der Waals surface area (Å²) < 4.78 is 55.7. The van der Waals surface area contributed by atoms with Crippen LogP contribution in [0, 0.1) is 29.1 Å². The topological polar surface area (TPSA) is 118 Å². The van der Waals surface area contributed by atoms with Crippen molar-refractivity contribution in [2.45, 2.75) is 56.5 Å². The maximum absolute atomic E-state index is 14.3. The molecule has 0 spiro atoms. The number of nitrogens with one attached hydrogen (secondary N) is 3. The molecule has 2 saturated heterocycles. The fourth-order valence-electron chi connectivity index (χ4n) is 6.25. The number of hydrogen-bond acceptors (Lipinski definition) is 4. The fraction of sp³-hybridized carbons (Fsp3) is 0.538. The SMILES string of the molecule is N#C[C@H](C[C@@H]1CCCNC1=O)NC(=O)[C@@H]1[C@H]2CC(F)(F)C[C@H]2CN1C(=O)c1cc2c(C(F)F)ccc(Cl)c2[nH]1. The lowest BCUT2D eigenvalue weighted by molar-refractivity contribution is -0.129. The predicted molar refractivity (Wildman–Crippen MR) is 132 cm³/mol. The van der Waals surface area contributed by atoms with Gasteiger partial charge in [0.15, 0.2) is 0 Å². The van der Waals surface area contributed by atoms with Crippen LogP contribution in [0.1, 0.15) is 54.6 Å². The first-order valence-electron chi connectivity index (χ1n) is 12.7. The second kappa shape index (κ2) is 10.3. The lowest BCUT2D eigenvalue weighted by Gasteiger charge is -2.29. The van der Waals surface area contributed by atoms with Crippen molar-refractivity contribution in [3.63, 3.8) is 0 Å². The summed E-state index contributed by atoms with van der Waals surface area (Å²) in [4.78, 5) is 43.2. The Bertz CT molecular complexity index is 1360. The molecule has 1 saturated carbocycles. The van der Waals surface area contributed by atoms with Gasteiger partial charge in [-0.1, -0.05) is 17.7 Å². The molecule has 39 heavy (non-hydrogen) atoms. The first-order valence-corrected chi connectivity index (χ1v) is 13.1. The Hall–Kier alpha value is -3.33. The van der Waals surface area contributed by atoms with Crippen LogP contribution in [0.4, 0.5) is 17.6 Å². The number of rotatable bonds is 6. The lowest BCUT2D eigenvalue weighted by atomic mass is 9.90. The average Bonchev–Trinajstić information content (AvgIpc) is 3.54. The zero-order valence-electron chi connectivity index (χ0n) is 20.7. The van der Waals surface area contributed by atoms with E-state index in [4.69, 9.17) is 11.6 Å². The van der Waals surface area contributed by atoms with Gasteiger partial charge in [0.2, 0.25) is 17.7 Å². The summed E-state index contributed by atoms with van der Waals surface area (Å²) in [6.45, 7) is 0.400. The van der Waals surface area contributed by atoms with Crippen LogP contribution in [0.5, 0.6) is 0 Å². The summed E-state index contributed by atoms with van der Waals surface area (Å²) in [6, 6.07) is 3.26. The van der Waals surface area contributed by atoms with Crippen molar-refractivity contribution in [2.24, 2.45) is 17.8 Å². The number of H-pyrrole nitrogens is 1. The molecular weight excluding hydrogens is 542 g/mol. The molecule has 8 nitrogen and oxygen atoms in total. The highest BCUT2D eigenvalue weighted by Gasteiger charge is 2.58. The van der Waals surface area contributed by atoms with Gasteiger partial charge in [0.1, 0.15) is 17.8 Å².